The van der Waals surface area contributed by atoms with Gasteiger partial charge in [-0.2, -0.15) is 0 Å². The molecule has 7 heteroatoms. The highest BCUT2D eigenvalue weighted by atomic mass is 32.2. The molecule has 0 saturated heterocycles. The zero-order valence-electron chi connectivity index (χ0n) is 16.9. The molecule has 1 aliphatic carbocycles. The Morgan fingerprint density at radius 3 is 2.62 bits per heavy atom. The third-order valence-electron chi connectivity index (χ3n) is 6.11. The predicted molar refractivity (Wildman–Crippen MR) is 113 cm³/mol. The van der Waals surface area contributed by atoms with E-state index in [1.807, 2.05) is 32.0 Å². The number of aryl methyl sites for hydroxylation is 1. The molecule has 1 aliphatic heterocycles. The lowest BCUT2D eigenvalue weighted by atomic mass is 9.81. The molecule has 0 atom stereocenters. The maximum atomic E-state index is 12.9. The summed E-state index contributed by atoms with van der Waals surface area (Å²) in [6, 6.07) is 9.13. The first kappa shape index (κ1) is 20.0. The number of hydrogen-bond acceptors (Lipinski definition) is 6. The monoisotopic (exact) mass is 413 g/mol. The summed E-state index contributed by atoms with van der Waals surface area (Å²) in [7, 11) is -3.38. The van der Waals surface area contributed by atoms with Crippen molar-refractivity contribution in [3.63, 3.8) is 0 Å². The molecule has 0 radical (unpaired) electrons. The van der Waals surface area contributed by atoms with E-state index in [2.05, 4.69) is 9.98 Å². The Kier molecular flexibility index (Phi) is 4.99. The molecule has 1 fully saturated rings. The molecule has 3 N–H and O–H groups in total. The molecule has 2 heterocycles. The van der Waals surface area contributed by atoms with Crippen molar-refractivity contribution in [3.8, 4) is 11.3 Å². The fourth-order valence-corrected chi connectivity index (χ4v) is 6.00. The Hall–Kier alpha value is -2.25. The Balaban J connectivity index is 1.56. The third kappa shape index (κ3) is 4.07. The van der Waals surface area contributed by atoms with Crippen LogP contribution in [0.4, 0.5) is 0 Å². The standard InChI is InChI=1S/C22H27N3O3S/c1-14-11-17(29(27,28)13-15-7-9-22(2,26)10-8-15)4-5-18(14)19-6-3-16-12-24-21(23)20(16)25-19/h3-6,11,15,26H,7-10,12-13H2,1-2H3,(H2,23,24). The van der Waals surface area contributed by atoms with Gasteiger partial charge in [0, 0.05) is 11.1 Å². The number of pyridine rings is 1. The normalized spacial score (nSPS) is 24.2. The van der Waals surface area contributed by atoms with Crippen LogP contribution in [0.15, 0.2) is 40.2 Å². The van der Waals surface area contributed by atoms with Crippen LogP contribution in [-0.2, 0) is 16.4 Å². The van der Waals surface area contributed by atoms with Crippen molar-refractivity contribution in [1.82, 2.24) is 4.98 Å². The minimum Gasteiger partial charge on any atom is -0.390 e. The minimum absolute atomic E-state index is 0.0980. The summed E-state index contributed by atoms with van der Waals surface area (Å²) in [5.41, 5.74) is 9.49. The van der Waals surface area contributed by atoms with E-state index in [1.165, 1.54) is 0 Å². The van der Waals surface area contributed by atoms with Crippen LogP contribution < -0.4 is 5.73 Å². The highest BCUT2D eigenvalue weighted by Crippen LogP contribution is 2.34. The number of nitrogens with zero attached hydrogens (tertiary/aromatic N) is 2. The largest absolute Gasteiger partial charge is 0.390 e. The zero-order valence-corrected chi connectivity index (χ0v) is 17.7. The quantitative estimate of drug-likeness (QED) is 0.801. The Labute approximate surface area is 171 Å². The molecule has 154 valence electrons. The second-order valence-corrected chi connectivity index (χ2v) is 10.6. The number of nitrogens with two attached hydrogens (primary N) is 1. The number of rotatable bonds is 4. The molecule has 6 nitrogen and oxygen atoms in total. The summed E-state index contributed by atoms with van der Waals surface area (Å²) >= 11 is 0. The van der Waals surface area contributed by atoms with Crippen LogP contribution in [0.1, 0.15) is 49.4 Å². The fraction of sp³-hybridized carbons (Fsp3) is 0.455. The maximum absolute atomic E-state index is 12.9. The van der Waals surface area contributed by atoms with E-state index in [1.54, 1.807) is 12.1 Å². The Bertz CT molecular complexity index is 1080. The van der Waals surface area contributed by atoms with Gasteiger partial charge < -0.3 is 10.8 Å². The second-order valence-electron chi connectivity index (χ2n) is 8.60. The van der Waals surface area contributed by atoms with Gasteiger partial charge in [-0.15, -0.1) is 0 Å². The molecular formula is C22H27N3O3S. The molecule has 29 heavy (non-hydrogen) atoms. The fourth-order valence-electron chi connectivity index (χ4n) is 4.22. The molecule has 1 aromatic carbocycles. The van der Waals surface area contributed by atoms with Gasteiger partial charge in [-0.25, -0.2) is 13.4 Å². The van der Waals surface area contributed by atoms with Crippen LogP contribution in [-0.4, -0.2) is 35.7 Å². The van der Waals surface area contributed by atoms with Crippen LogP contribution in [0, 0.1) is 12.8 Å². The second kappa shape index (κ2) is 7.22. The lowest BCUT2D eigenvalue weighted by Gasteiger charge is -2.32. The van der Waals surface area contributed by atoms with Crippen LogP contribution in [0.25, 0.3) is 11.3 Å². The molecule has 2 aliphatic rings. The van der Waals surface area contributed by atoms with Crippen LogP contribution >= 0.6 is 0 Å². The summed E-state index contributed by atoms with van der Waals surface area (Å²) in [5.74, 6) is 0.678. The molecule has 0 spiro atoms. The number of aliphatic imine (C=N–C) groups is 1. The molecule has 0 amide bonds. The summed E-state index contributed by atoms with van der Waals surface area (Å²) in [6.07, 6.45) is 2.79. The first-order valence-electron chi connectivity index (χ1n) is 10.0. The highest BCUT2D eigenvalue weighted by molar-refractivity contribution is 7.91. The smallest absolute Gasteiger partial charge is 0.178 e. The van der Waals surface area contributed by atoms with Crippen LogP contribution in [0.5, 0.6) is 0 Å². The van der Waals surface area contributed by atoms with Crippen molar-refractivity contribution in [3.05, 3.63) is 47.2 Å². The number of aliphatic hydroxyl groups is 1. The number of amidine groups is 1. The molecule has 0 bridgehead atoms. The number of sulfone groups is 1. The average Bonchev–Trinajstić information content (AvgIpc) is 3.04. The van der Waals surface area contributed by atoms with Gasteiger partial charge in [-0.1, -0.05) is 12.1 Å². The van der Waals surface area contributed by atoms with Gasteiger partial charge in [0.15, 0.2) is 9.84 Å². The van der Waals surface area contributed by atoms with Gasteiger partial charge in [-0.05, 0) is 69.2 Å². The topological polar surface area (TPSA) is 106 Å². The van der Waals surface area contributed by atoms with Crippen LogP contribution in [0.3, 0.4) is 0 Å². The number of aromatic nitrogens is 1. The zero-order chi connectivity index (χ0) is 20.8. The average molecular weight is 414 g/mol. The van der Waals surface area contributed by atoms with Crippen molar-refractivity contribution in [2.45, 2.75) is 56.6 Å². The van der Waals surface area contributed by atoms with E-state index in [9.17, 15) is 13.5 Å². The van der Waals surface area contributed by atoms with Gasteiger partial charge >= 0.3 is 0 Å². The lowest BCUT2D eigenvalue weighted by molar-refractivity contribution is 0.0108. The summed E-state index contributed by atoms with van der Waals surface area (Å²) in [4.78, 5) is 9.19. The summed E-state index contributed by atoms with van der Waals surface area (Å²) in [5, 5.41) is 10.1. The van der Waals surface area contributed by atoms with Gasteiger partial charge in [0.25, 0.3) is 0 Å². The maximum Gasteiger partial charge on any atom is 0.178 e. The van der Waals surface area contributed by atoms with E-state index < -0.39 is 15.4 Å². The molecule has 1 aromatic heterocycles. The SMILES string of the molecule is Cc1cc(S(=O)(=O)CC2CCC(C)(O)CC2)ccc1-c1ccc2c(n1)C(N)=NC2. The van der Waals surface area contributed by atoms with E-state index in [0.717, 1.165) is 35.2 Å². The summed E-state index contributed by atoms with van der Waals surface area (Å²) in [6.45, 7) is 4.28. The van der Waals surface area contributed by atoms with Gasteiger partial charge in [-0.3, -0.25) is 4.99 Å². The summed E-state index contributed by atoms with van der Waals surface area (Å²) < 4.78 is 25.9. The van der Waals surface area contributed by atoms with Crippen LogP contribution in [0.2, 0.25) is 0 Å². The van der Waals surface area contributed by atoms with E-state index >= 15 is 0 Å². The Morgan fingerprint density at radius 2 is 1.93 bits per heavy atom. The van der Waals surface area contributed by atoms with Gasteiger partial charge in [0.05, 0.1) is 28.5 Å². The van der Waals surface area contributed by atoms with Crippen molar-refractivity contribution >= 4 is 15.7 Å². The number of fused-ring (bicyclic) bond motifs is 1. The lowest BCUT2D eigenvalue weighted by Crippen LogP contribution is -2.32. The minimum atomic E-state index is -3.38. The van der Waals surface area contributed by atoms with E-state index in [4.69, 9.17) is 5.73 Å². The van der Waals surface area contributed by atoms with Gasteiger partial charge in [0.2, 0.25) is 0 Å². The highest BCUT2D eigenvalue weighted by Gasteiger charge is 2.31. The number of hydrogen-bond donors (Lipinski definition) is 2. The molecule has 0 unspecified atom stereocenters. The predicted octanol–water partition coefficient (Wildman–Crippen LogP) is 2.99. The molecular weight excluding hydrogens is 386 g/mol. The molecule has 2 aromatic rings. The first-order chi connectivity index (χ1) is 13.6. The number of benzene rings is 1. The molecule has 4 rings (SSSR count). The van der Waals surface area contributed by atoms with Crippen molar-refractivity contribution in [2.75, 3.05) is 5.75 Å². The van der Waals surface area contributed by atoms with Crippen molar-refractivity contribution in [1.29, 1.82) is 0 Å². The van der Waals surface area contributed by atoms with E-state index in [0.29, 0.717) is 35.8 Å². The van der Waals surface area contributed by atoms with Crippen molar-refractivity contribution < 1.29 is 13.5 Å². The van der Waals surface area contributed by atoms with Gasteiger partial charge in [0.1, 0.15) is 11.5 Å². The molecule has 1 saturated carbocycles. The Morgan fingerprint density at radius 1 is 1.21 bits per heavy atom. The first-order valence-corrected chi connectivity index (χ1v) is 11.7. The third-order valence-corrected chi connectivity index (χ3v) is 7.99. The van der Waals surface area contributed by atoms with Crippen molar-refractivity contribution in [2.24, 2.45) is 16.6 Å². The van der Waals surface area contributed by atoms with E-state index in [-0.39, 0.29) is 11.7 Å².